The van der Waals surface area contributed by atoms with E-state index in [0.717, 1.165) is 18.3 Å². The zero-order valence-corrected chi connectivity index (χ0v) is 10.5. The molecule has 0 aromatic heterocycles. The summed E-state index contributed by atoms with van der Waals surface area (Å²) in [6.07, 6.45) is 3.50. The van der Waals surface area contributed by atoms with Gasteiger partial charge in [-0.05, 0) is 43.3 Å². The van der Waals surface area contributed by atoms with E-state index in [4.69, 9.17) is 4.74 Å². The first kappa shape index (κ1) is 11.2. The molecule has 17 heavy (non-hydrogen) atoms. The Hall–Kier alpha value is -0.860. The molecule has 0 unspecified atom stereocenters. The van der Waals surface area contributed by atoms with Crippen LogP contribution in [0.1, 0.15) is 18.4 Å². The van der Waals surface area contributed by atoms with Crippen LogP contribution < -0.4 is 5.32 Å². The number of methoxy groups -OCH3 is 1. The number of hydrogen-bond acceptors (Lipinski definition) is 2. The van der Waals surface area contributed by atoms with Crippen molar-refractivity contribution < 1.29 is 4.74 Å². The number of fused-ring (bicyclic) bond motifs is 1. The van der Waals surface area contributed by atoms with Gasteiger partial charge in [0.25, 0.3) is 0 Å². The molecule has 0 amide bonds. The number of rotatable bonds is 3. The smallest absolute Gasteiger partial charge is 0.0725 e. The minimum Gasteiger partial charge on any atom is -0.378 e. The highest BCUT2D eigenvalue weighted by molar-refractivity contribution is 5.18. The van der Waals surface area contributed by atoms with Crippen LogP contribution in [0.15, 0.2) is 30.3 Å². The monoisotopic (exact) mass is 231 g/mol. The Labute approximate surface area is 103 Å². The quantitative estimate of drug-likeness (QED) is 0.861. The van der Waals surface area contributed by atoms with Crippen molar-refractivity contribution in [1.82, 2.24) is 5.32 Å². The number of hydrogen-bond donors (Lipinski definition) is 1. The van der Waals surface area contributed by atoms with E-state index in [0.29, 0.717) is 0 Å². The van der Waals surface area contributed by atoms with E-state index in [-0.39, 0.29) is 5.60 Å². The van der Waals surface area contributed by atoms with E-state index in [1.54, 1.807) is 0 Å². The molecular formula is C15H21NO. The molecule has 1 aliphatic heterocycles. The second-order valence-corrected chi connectivity index (χ2v) is 5.64. The first-order valence-electron chi connectivity index (χ1n) is 6.61. The Kier molecular flexibility index (Phi) is 2.93. The minimum atomic E-state index is 0.0960. The highest BCUT2D eigenvalue weighted by atomic mass is 16.5. The third-order valence-electron chi connectivity index (χ3n) is 4.55. The van der Waals surface area contributed by atoms with Gasteiger partial charge < -0.3 is 10.1 Å². The standard InChI is InChI=1S/C15H21NO/c1-17-15(7-12-5-3-2-4-6-12)8-13-10-16-11-14(13)9-15/h2-6,13-14,16H,7-11H2,1H3/t13-,14+,15+. The lowest BCUT2D eigenvalue weighted by atomic mass is 9.91. The molecule has 1 N–H and O–H groups in total. The van der Waals surface area contributed by atoms with E-state index in [2.05, 4.69) is 35.6 Å². The molecule has 2 nitrogen and oxygen atoms in total. The Bertz CT molecular complexity index is 364. The van der Waals surface area contributed by atoms with Crippen molar-refractivity contribution in [2.45, 2.75) is 24.9 Å². The highest BCUT2D eigenvalue weighted by Crippen LogP contribution is 2.44. The molecule has 2 aliphatic rings. The number of benzene rings is 1. The van der Waals surface area contributed by atoms with Crippen LogP contribution in [0, 0.1) is 11.8 Å². The SMILES string of the molecule is CO[C@]1(Cc2ccccc2)C[C@H]2CNC[C@H]2C1. The third kappa shape index (κ3) is 2.12. The van der Waals surface area contributed by atoms with Gasteiger partial charge in [0.15, 0.2) is 0 Å². The lowest BCUT2D eigenvalue weighted by Gasteiger charge is -2.29. The van der Waals surface area contributed by atoms with Crippen LogP contribution in [0.2, 0.25) is 0 Å². The molecule has 1 heterocycles. The molecule has 1 aliphatic carbocycles. The minimum absolute atomic E-state index is 0.0960. The molecule has 1 saturated heterocycles. The zero-order chi connectivity index (χ0) is 11.7. The van der Waals surface area contributed by atoms with Crippen LogP contribution in [0.3, 0.4) is 0 Å². The fourth-order valence-corrected chi connectivity index (χ4v) is 3.66. The van der Waals surface area contributed by atoms with Gasteiger partial charge in [0.05, 0.1) is 5.60 Å². The first-order chi connectivity index (χ1) is 8.31. The van der Waals surface area contributed by atoms with Crippen molar-refractivity contribution in [1.29, 1.82) is 0 Å². The summed E-state index contributed by atoms with van der Waals surface area (Å²) in [6.45, 7) is 2.37. The second-order valence-electron chi connectivity index (χ2n) is 5.64. The fourth-order valence-electron chi connectivity index (χ4n) is 3.66. The molecule has 0 spiro atoms. The normalized spacial score (nSPS) is 36.1. The van der Waals surface area contributed by atoms with Crippen molar-refractivity contribution in [3.63, 3.8) is 0 Å². The van der Waals surface area contributed by atoms with Crippen LogP contribution in [0.5, 0.6) is 0 Å². The summed E-state index contributed by atoms with van der Waals surface area (Å²) in [7, 11) is 1.89. The molecule has 0 bridgehead atoms. The summed E-state index contributed by atoms with van der Waals surface area (Å²) < 4.78 is 5.91. The molecular weight excluding hydrogens is 210 g/mol. The van der Waals surface area contributed by atoms with Crippen molar-refractivity contribution in [2.75, 3.05) is 20.2 Å². The zero-order valence-electron chi connectivity index (χ0n) is 10.5. The topological polar surface area (TPSA) is 21.3 Å². The Morgan fingerprint density at radius 3 is 2.41 bits per heavy atom. The lowest BCUT2D eigenvalue weighted by molar-refractivity contribution is -0.0102. The van der Waals surface area contributed by atoms with E-state index >= 15 is 0 Å². The van der Waals surface area contributed by atoms with Crippen molar-refractivity contribution in [2.24, 2.45) is 11.8 Å². The Balaban J connectivity index is 1.75. The lowest BCUT2D eigenvalue weighted by Crippen LogP contribution is -2.33. The average Bonchev–Trinajstić information content (AvgIpc) is 2.89. The highest BCUT2D eigenvalue weighted by Gasteiger charge is 2.47. The Morgan fingerprint density at radius 2 is 1.82 bits per heavy atom. The molecule has 1 saturated carbocycles. The summed E-state index contributed by atoms with van der Waals surface area (Å²) >= 11 is 0. The summed E-state index contributed by atoms with van der Waals surface area (Å²) in [5.41, 5.74) is 1.50. The summed E-state index contributed by atoms with van der Waals surface area (Å²) in [5.74, 6) is 1.66. The predicted octanol–water partition coefficient (Wildman–Crippen LogP) is 2.24. The van der Waals surface area contributed by atoms with Crippen LogP contribution >= 0.6 is 0 Å². The van der Waals surface area contributed by atoms with Crippen LogP contribution in [-0.4, -0.2) is 25.8 Å². The van der Waals surface area contributed by atoms with Gasteiger partial charge in [0.2, 0.25) is 0 Å². The van der Waals surface area contributed by atoms with Crippen molar-refractivity contribution in [3.05, 3.63) is 35.9 Å². The van der Waals surface area contributed by atoms with Crippen LogP contribution in [-0.2, 0) is 11.2 Å². The molecule has 3 rings (SSSR count). The molecule has 2 fully saturated rings. The molecule has 0 radical (unpaired) electrons. The molecule has 1 aromatic carbocycles. The third-order valence-corrected chi connectivity index (χ3v) is 4.55. The van der Waals surface area contributed by atoms with Gasteiger partial charge in [-0.25, -0.2) is 0 Å². The summed E-state index contributed by atoms with van der Waals surface area (Å²) in [6, 6.07) is 10.8. The number of nitrogens with one attached hydrogen (secondary N) is 1. The van der Waals surface area contributed by atoms with E-state index in [9.17, 15) is 0 Å². The molecule has 2 heteroatoms. The second kappa shape index (κ2) is 4.43. The maximum Gasteiger partial charge on any atom is 0.0725 e. The maximum absolute atomic E-state index is 5.91. The molecule has 3 atom stereocenters. The maximum atomic E-state index is 5.91. The van der Waals surface area contributed by atoms with Gasteiger partial charge in [-0.3, -0.25) is 0 Å². The van der Waals surface area contributed by atoms with E-state index in [1.807, 2.05) is 7.11 Å². The van der Waals surface area contributed by atoms with Crippen molar-refractivity contribution >= 4 is 0 Å². The summed E-state index contributed by atoms with van der Waals surface area (Å²) in [5, 5.41) is 3.49. The van der Waals surface area contributed by atoms with Gasteiger partial charge in [0, 0.05) is 13.5 Å². The molecule has 92 valence electrons. The Morgan fingerprint density at radius 1 is 1.18 bits per heavy atom. The first-order valence-corrected chi connectivity index (χ1v) is 6.61. The number of ether oxygens (including phenoxy) is 1. The van der Waals surface area contributed by atoms with Crippen molar-refractivity contribution in [3.8, 4) is 0 Å². The van der Waals surface area contributed by atoms with Crippen LogP contribution in [0.25, 0.3) is 0 Å². The van der Waals surface area contributed by atoms with E-state index < -0.39 is 0 Å². The van der Waals surface area contributed by atoms with Crippen LogP contribution in [0.4, 0.5) is 0 Å². The van der Waals surface area contributed by atoms with Gasteiger partial charge >= 0.3 is 0 Å². The van der Waals surface area contributed by atoms with E-state index in [1.165, 1.54) is 31.5 Å². The molecule has 1 aromatic rings. The van der Waals surface area contributed by atoms with Gasteiger partial charge in [0.1, 0.15) is 0 Å². The largest absolute Gasteiger partial charge is 0.378 e. The average molecular weight is 231 g/mol. The summed E-state index contributed by atoms with van der Waals surface area (Å²) in [4.78, 5) is 0. The predicted molar refractivity (Wildman–Crippen MR) is 69.0 cm³/mol. The fraction of sp³-hybridized carbons (Fsp3) is 0.600. The van der Waals surface area contributed by atoms with Gasteiger partial charge in [-0.2, -0.15) is 0 Å². The van der Waals surface area contributed by atoms with Gasteiger partial charge in [-0.1, -0.05) is 30.3 Å². The van der Waals surface area contributed by atoms with Gasteiger partial charge in [-0.15, -0.1) is 0 Å².